The van der Waals surface area contributed by atoms with E-state index in [2.05, 4.69) is 32.6 Å². The van der Waals surface area contributed by atoms with Crippen LogP contribution in [0.1, 0.15) is 15.9 Å². The number of benzene rings is 3. The Kier molecular flexibility index (Phi) is 5.81. The Bertz CT molecular complexity index is 1060. The van der Waals surface area contributed by atoms with Crippen LogP contribution in [0.4, 0.5) is 11.4 Å². The maximum absolute atomic E-state index is 12.5. The summed E-state index contributed by atoms with van der Waals surface area (Å²) in [5.41, 5.74) is 2.52. The van der Waals surface area contributed by atoms with Crippen LogP contribution < -0.4 is 10.0 Å². The SMILES string of the molecule is Cc1cccc(NS(=O)(=O)c2ccc(NC(=O)c3ccc(I)cc3)cc2)c1. The number of carbonyl (C=O) groups excluding carboxylic acids is 1. The number of aryl methyl sites for hydroxylation is 1. The maximum Gasteiger partial charge on any atom is 0.261 e. The van der Waals surface area contributed by atoms with E-state index in [1.165, 1.54) is 12.1 Å². The number of carbonyl (C=O) groups is 1. The number of hydrogen-bond acceptors (Lipinski definition) is 3. The Labute approximate surface area is 172 Å². The molecule has 0 aliphatic heterocycles. The zero-order valence-corrected chi connectivity index (χ0v) is 17.4. The fourth-order valence-corrected chi connectivity index (χ4v) is 3.85. The van der Waals surface area contributed by atoms with Gasteiger partial charge in [0.15, 0.2) is 0 Å². The van der Waals surface area contributed by atoms with Gasteiger partial charge in [-0.15, -0.1) is 0 Å². The molecule has 2 N–H and O–H groups in total. The highest BCUT2D eigenvalue weighted by atomic mass is 127. The van der Waals surface area contributed by atoms with Gasteiger partial charge in [0.1, 0.15) is 0 Å². The Morgan fingerprint density at radius 1 is 0.889 bits per heavy atom. The molecule has 0 radical (unpaired) electrons. The number of halogens is 1. The van der Waals surface area contributed by atoms with Crippen molar-refractivity contribution in [1.29, 1.82) is 0 Å². The van der Waals surface area contributed by atoms with Crippen LogP contribution in [-0.4, -0.2) is 14.3 Å². The third kappa shape index (κ3) is 5.08. The average molecular weight is 492 g/mol. The first-order chi connectivity index (χ1) is 12.8. The topological polar surface area (TPSA) is 75.3 Å². The molecule has 0 aliphatic rings. The first kappa shape index (κ1) is 19.4. The summed E-state index contributed by atoms with van der Waals surface area (Å²) in [4.78, 5) is 12.4. The van der Waals surface area contributed by atoms with Crippen molar-refractivity contribution in [2.24, 2.45) is 0 Å². The van der Waals surface area contributed by atoms with Gasteiger partial charge in [-0.1, -0.05) is 12.1 Å². The van der Waals surface area contributed by atoms with Crippen LogP contribution in [0, 0.1) is 10.5 Å². The Morgan fingerprint density at radius 3 is 2.19 bits per heavy atom. The van der Waals surface area contributed by atoms with E-state index in [0.717, 1.165) is 9.13 Å². The molecule has 0 atom stereocenters. The molecule has 0 bridgehead atoms. The van der Waals surface area contributed by atoms with Gasteiger partial charge in [0.2, 0.25) is 0 Å². The normalized spacial score (nSPS) is 11.0. The number of anilines is 2. The molecular formula is C20H17IN2O3S. The molecule has 1 amide bonds. The second kappa shape index (κ2) is 8.10. The van der Waals surface area contributed by atoms with Crippen LogP contribution in [0.2, 0.25) is 0 Å². The molecule has 0 unspecified atom stereocenters. The van der Waals surface area contributed by atoms with E-state index >= 15 is 0 Å². The first-order valence-electron chi connectivity index (χ1n) is 8.10. The van der Waals surface area contributed by atoms with Crippen molar-refractivity contribution < 1.29 is 13.2 Å². The third-order valence-corrected chi connectivity index (χ3v) is 5.92. The zero-order chi connectivity index (χ0) is 19.4. The maximum atomic E-state index is 12.5. The molecule has 138 valence electrons. The molecule has 0 heterocycles. The van der Waals surface area contributed by atoms with Crippen molar-refractivity contribution >= 4 is 49.9 Å². The lowest BCUT2D eigenvalue weighted by atomic mass is 10.2. The molecule has 0 aromatic heterocycles. The van der Waals surface area contributed by atoms with Crippen LogP contribution >= 0.6 is 22.6 Å². The van der Waals surface area contributed by atoms with E-state index in [1.54, 1.807) is 42.5 Å². The Balaban J connectivity index is 1.72. The molecule has 3 aromatic rings. The van der Waals surface area contributed by atoms with Gasteiger partial charge in [-0.3, -0.25) is 9.52 Å². The van der Waals surface area contributed by atoms with Gasteiger partial charge in [0, 0.05) is 20.5 Å². The van der Waals surface area contributed by atoms with Gasteiger partial charge in [-0.05, 0) is 95.7 Å². The van der Waals surface area contributed by atoms with Crippen molar-refractivity contribution in [3.63, 3.8) is 0 Å². The molecule has 0 saturated carbocycles. The summed E-state index contributed by atoms with van der Waals surface area (Å²) < 4.78 is 28.6. The highest BCUT2D eigenvalue weighted by Crippen LogP contribution is 2.19. The van der Waals surface area contributed by atoms with E-state index in [-0.39, 0.29) is 10.8 Å². The summed E-state index contributed by atoms with van der Waals surface area (Å²) >= 11 is 2.17. The standard InChI is InChI=1S/C20H17IN2O3S/c1-14-3-2-4-18(13-14)23-27(25,26)19-11-9-17(10-12-19)22-20(24)15-5-7-16(21)8-6-15/h2-13,23H,1H3,(H,22,24). The van der Waals surface area contributed by atoms with Gasteiger partial charge in [0.05, 0.1) is 4.90 Å². The lowest BCUT2D eigenvalue weighted by molar-refractivity contribution is 0.102. The number of amides is 1. The van der Waals surface area contributed by atoms with E-state index in [0.29, 0.717) is 16.9 Å². The predicted octanol–water partition coefficient (Wildman–Crippen LogP) is 4.65. The quantitative estimate of drug-likeness (QED) is 0.510. The van der Waals surface area contributed by atoms with Gasteiger partial charge >= 0.3 is 0 Å². The molecule has 0 aliphatic carbocycles. The van der Waals surface area contributed by atoms with Crippen molar-refractivity contribution in [3.8, 4) is 0 Å². The molecule has 27 heavy (non-hydrogen) atoms. The number of sulfonamides is 1. The molecule has 0 saturated heterocycles. The summed E-state index contributed by atoms with van der Waals surface area (Å²) in [5.74, 6) is -0.250. The van der Waals surface area contributed by atoms with Gasteiger partial charge in [-0.25, -0.2) is 8.42 Å². The molecular weight excluding hydrogens is 475 g/mol. The second-order valence-corrected chi connectivity index (χ2v) is 8.89. The van der Waals surface area contributed by atoms with E-state index in [1.807, 2.05) is 25.1 Å². The molecule has 3 rings (SSSR count). The highest BCUT2D eigenvalue weighted by Gasteiger charge is 2.14. The van der Waals surface area contributed by atoms with Gasteiger partial charge < -0.3 is 5.32 Å². The fourth-order valence-electron chi connectivity index (χ4n) is 2.44. The smallest absolute Gasteiger partial charge is 0.261 e. The molecule has 3 aromatic carbocycles. The van der Waals surface area contributed by atoms with Crippen LogP contribution in [0.5, 0.6) is 0 Å². The minimum absolute atomic E-state index is 0.122. The number of rotatable bonds is 5. The van der Waals surface area contributed by atoms with E-state index in [9.17, 15) is 13.2 Å². The van der Waals surface area contributed by atoms with Crippen molar-refractivity contribution in [2.75, 3.05) is 10.0 Å². The molecule has 0 fully saturated rings. The summed E-state index contributed by atoms with van der Waals surface area (Å²) in [6.45, 7) is 1.89. The van der Waals surface area contributed by atoms with Crippen LogP contribution in [0.15, 0.2) is 77.7 Å². The lowest BCUT2D eigenvalue weighted by Crippen LogP contribution is -2.14. The zero-order valence-electron chi connectivity index (χ0n) is 14.4. The minimum atomic E-state index is -3.70. The van der Waals surface area contributed by atoms with Crippen LogP contribution in [0.3, 0.4) is 0 Å². The van der Waals surface area contributed by atoms with Crippen molar-refractivity contribution in [2.45, 2.75) is 11.8 Å². The summed E-state index contributed by atoms with van der Waals surface area (Å²) in [7, 11) is -3.70. The number of hydrogen-bond donors (Lipinski definition) is 2. The molecule has 5 nitrogen and oxygen atoms in total. The fraction of sp³-hybridized carbons (Fsp3) is 0.0500. The highest BCUT2D eigenvalue weighted by molar-refractivity contribution is 14.1. The van der Waals surface area contributed by atoms with Crippen molar-refractivity contribution in [3.05, 3.63) is 87.5 Å². The first-order valence-corrected chi connectivity index (χ1v) is 10.7. The summed E-state index contributed by atoms with van der Waals surface area (Å²) in [6.07, 6.45) is 0. The monoisotopic (exact) mass is 492 g/mol. The average Bonchev–Trinajstić information content (AvgIpc) is 2.62. The van der Waals surface area contributed by atoms with Crippen LogP contribution in [0.25, 0.3) is 0 Å². The van der Waals surface area contributed by atoms with E-state index in [4.69, 9.17) is 0 Å². The predicted molar refractivity (Wildman–Crippen MR) is 116 cm³/mol. The third-order valence-electron chi connectivity index (χ3n) is 3.80. The largest absolute Gasteiger partial charge is 0.322 e. The van der Waals surface area contributed by atoms with Gasteiger partial charge in [0.25, 0.3) is 15.9 Å². The number of nitrogens with one attached hydrogen (secondary N) is 2. The minimum Gasteiger partial charge on any atom is -0.322 e. The Hall–Kier alpha value is -2.39. The lowest BCUT2D eigenvalue weighted by Gasteiger charge is -2.10. The van der Waals surface area contributed by atoms with E-state index < -0.39 is 10.0 Å². The Morgan fingerprint density at radius 2 is 1.56 bits per heavy atom. The summed E-state index contributed by atoms with van der Waals surface area (Å²) in [6, 6.07) is 20.4. The molecule has 7 heteroatoms. The van der Waals surface area contributed by atoms with Gasteiger partial charge in [-0.2, -0.15) is 0 Å². The van der Waals surface area contributed by atoms with Crippen LogP contribution in [-0.2, 0) is 10.0 Å². The van der Waals surface area contributed by atoms with Crippen molar-refractivity contribution in [1.82, 2.24) is 0 Å². The molecule has 0 spiro atoms. The summed E-state index contributed by atoms with van der Waals surface area (Å²) in [5, 5.41) is 2.76. The second-order valence-electron chi connectivity index (χ2n) is 5.96.